The third kappa shape index (κ3) is 3.23. The lowest BCUT2D eigenvalue weighted by Gasteiger charge is -2.21. The van der Waals surface area contributed by atoms with E-state index in [-0.39, 0.29) is 12.0 Å². The molecular formula is C15H16F3NO3. The van der Waals surface area contributed by atoms with Crippen LogP contribution in [0.25, 0.3) is 0 Å². The van der Waals surface area contributed by atoms with Gasteiger partial charge in [-0.15, -0.1) is 0 Å². The maximum absolute atomic E-state index is 13.0. The number of carbonyl (C=O) groups excluding carboxylic acids is 1. The molecule has 0 bridgehead atoms. The van der Waals surface area contributed by atoms with Gasteiger partial charge in [-0.25, -0.2) is 4.79 Å². The first kappa shape index (κ1) is 16.3. The second-order valence-electron chi connectivity index (χ2n) is 5.95. The minimum Gasteiger partial charge on any atom is -0.480 e. The number of hydrogen-bond acceptors (Lipinski definition) is 2. The number of hydrogen-bond donors (Lipinski definition) is 2. The lowest BCUT2D eigenvalue weighted by Crippen LogP contribution is -2.50. The summed E-state index contributed by atoms with van der Waals surface area (Å²) in [5.74, 6) is -2.88. The number of carboxylic acids is 1. The Morgan fingerprint density at radius 3 is 2.36 bits per heavy atom. The fourth-order valence-corrected chi connectivity index (χ4v) is 2.36. The van der Waals surface area contributed by atoms with E-state index in [4.69, 9.17) is 5.11 Å². The van der Waals surface area contributed by atoms with Crippen LogP contribution in [0, 0.1) is 5.92 Å². The van der Waals surface area contributed by atoms with Crippen molar-refractivity contribution >= 4 is 11.9 Å². The Morgan fingerprint density at radius 2 is 1.82 bits per heavy atom. The average Bonchev–Trinajstić information content (AvgIpc) is 3.17. The highest BCUT2D eigenvalue weighted by molar-refractivity contribution is 5.89. The van der Waals surface area contributed by atoms with E-state index in [0.717, 1.165) is 6.07 Å². The van der Waals surface area contributed by atoms with E-state index in [1.807, 2.05) is 0 Å². The Labute approximate surface area is 125 Å². The monoisotopic (exact) mass is 315 g/mol. The summed E-state index contributed by atoms with van der Waals surface area (Å²) in [7, 11) is 0. The van der Waals surface area contributed by atoms with Crippen LogP contribution >= 0.6 is 0 Å². The minimum atomic E-state index is -4.47. The molecule has 2 atom stereocenters. The number of rotatable bonds is 4. The van der Waals surface area contributed by atoms with Gasteiger partial charge in [-0.1, -0.05) is 18.2 Å². The molecule has 7 heteroatoms. The van der Waals surface area contributed by atoms with Crippen molar-refractivity contribution in [2.24, 2.45) is 5.92 Å². The van der Waals surface area contributed by atoms with Gasteiger partial charge in [-0.3, -0.25) is 4.79 Å². The Balaban J connectivity index is 2.14. The molecule has 0 heterocycles. The summed E-state index contributed by atoms with van der Waals surface area (Å²) in [5, 5.41) is 11.3. The molecule has 0 aromatic heterocycles. The smallest absolute Gasteiger partial charge is 0.416 e. The van der Waals surface area contributed by atoms with Crippen LogP contribution in [0.1, 0.15) is 37.3 Å². The summed E-state index contributed by atoms with van der Waals surface area (Å²) in [5.41, 5.74) is -2.11. The molecule has 1 aliphatic carbocycles. The standard InChI is InChI=1S/C15H16F3NO3/c1-14(2,13(21)22)19-12(20)10-7-9(10)8-5-3-4-6-11(8)15(16,17)18/h3-6,9-10H,7H2,1-2H3,(H,19,20)(H,21,22). The van der Waals surface area contributed by atoms with Crippen molar-refractivity contribution in [1.29, 1.82) is 0 Å². The molecule has 2 unspecified atom stereocenters. The summed E-state index contributed by atoms with van der Waals surface area (Å²) in [6.45, 7) is 2.66. The molecule has 1 saturated carbocycles. The highest BCUT2D eigenvalue weighted by Gasteiger charge is 2.49. The number of alkyl halides is 3. The summed E-state index contributed by atoms with van der Waals surface area (Å²) >= 11 is 0. The second kappa shape index (κ2) is 5.30. The van der Waals surface area contributed by atoms with Crippen molar-refractivity contribution in [2.45, 2.75) is 37.9 Å². The van der Waals surface area contributed by atoms with Gasteiger partial charge < -0.3 is 10.4 Å². The summed E-state index contributed by atoms with van der Waals surface area (Å²) in [6, 6.07) is 5.16. The molecule has 2 N–H and O–H groups in total. The molecular weight excluding hydrogens is 299 g/mol. The lowest BCUT2D eigenvalue weighted by atomic mass is 10.0. The van der Waals surface area contributed by atoms with E-state index in [1.54, 1.807) is 0 Å². The first-order valence-corrected chi connectivity index (χ1v) is 6.75. The third-order valence-electron chi connectivity index (χ3n) is 3.76. The molecule has 1 fully saturated rings. The molecule has 1 aromatic rings. The fraction of sp³-hybridized carbons (Fsp3) is 0.467. The number of benzene rings is 1. The molecule has 22 heavy (non-hydrogen) atoms. The topological polar surface area (TPSA) is 66.4 Å². The Hall–Kier alpha value is -2.05. The quantitative estimate of drug-likeness (QED) is 0.898. The van der Waals surface area contributed by atoms with Gasteiger partial charge in [-0.05, 0) is 37.8 Å². The number of amides is 1. The lowest BCUT2D eigenvalue weighted by molar-refractivity contribution is -0.146. The zero-order chi connectivity index (χ0) is 16.7. The number of halogens is 3. The van der Waals surface area contributed by atoms with E-state index in [9.17, 15) is 22.8 Å². The van der Waals surface area contributed by atoms with Crippen molar-refractivity contribution in [1.82, 2.24) is 5.32 Å². The van der Waals surface area contributed by atoms with Gasteiger partial charge in [0, 0.05) is 5.92 Å². The van der Waals surface area contributed by atoms with E-state index in [2.05, 4.69) is 5.32 Å². The Bertz CT molecular complexity index is 610. The van der Waals surface area contributed by atoms with Crippen LogP contribution in [0.3, 0.4) is 0 Å². The van der Waals surface area contributed by atoms with Gasteiger partial charge in [0.1, 0.15) is 5.54 Å². The summed E-state index contributed by atoms with van der Waals surface area (Å²) < 4.78 is 38.9. The number of carboxylic acid groups (broad SMARTS) is 1. The van der Waals surface area contributed by atoms with Crippen molar-refractivity contribution in [3.8, 4) is 0 Å². The van der Waals surface area contributed by atoms with Crippen molar-refractivity contribution < 1.29 is 27.9 Å². The Kier molecular flexibility index (Phi) is 3.93. The third-order valence-corrected chi connectivity index (χ3v) is 3.76. The van der Waals surface area contributed by atoms with E-state index < -0.39 is 41.0 Å². The number of carbonyl (C=O) groups is 2. The predicted molar refractivity (Wildman–Crippen MR) is 72.1 cm³/mol. The molecule has 4 nitrogen and oxygen atoms in total. The zero-order valence-electron chi connectivity index (χ0n) is 12.1. The van der Waals surface area contributed by atoms with Gasteiger partial charge in [0.05, 0.1) is 5.56 Å². The highest BCUT2D eigenvalue weighted by atomic mass is 19.4. The van der Waals surface area contributed by atoms with Crippen LogP contribution in [0.5, 0.6) is 0 Å². The minimum absolute atomic E-state index is 0.0864. The van der Waals surface area contributed by atoms with Crippen LogP contribution in [-0.4, -0.2) is 22.5 Å². The summed E-state index contributed by atoms with van der Waals surface area (Å²) in [6.07, 6.45) is -4.19. The first-order valence-electron chi connectivity index (χ1n) is 6.75. The highest BCUT2D eigenvalue weighted by Crippen LogP contribution is 2.51. The number of nitrogens with one attached hydrogen (secondary N) is 1. The predicted octanol–water partition coefficient (Wildman–Crippen LogP) is 2.79. The van der Waals surface area contributed by atoms with Gasteiger partial charge in [-0.2, -0.15) is 13.2 Å². The first-order chi connectivity index (χ1) is 10.0. The molecule has 1 aromatic carbocycles. The van der Waals surface area contributed by atoms with Crippen LogP contribution in [-0.2, 0) is 15.8 Å². The van der Waals surface area contributed by atoms with Gasteiger partial charge in [0.25, 0.3) is 0 Å². The van der Waals surface area contributed by atoms with Crippen molar-refractivity contribution in [2.75, 3.05) is 0 Å². The molecule has 0 spiro atoms. The van der Waals surface area contributed by atoms with E-state index in [1.165, 1.54) is 32.0 Å². The van der Waals surface area contributed by atoms with E-state index >= 15 is 0 Å². The van der Waals surface area contributed by atoms with Crippen molar-refractivity contribution in [3.05, 3.63) is 35.4 Å². The van der Waals surface area contributed by atoms with Crippen LogP contribution in [0.15, 0.2) is 24.3 Å². The van der Waals surface area contributed by atoms with Crippen LogP contribution in [0.2, 0.25) is 0 Å². The van der Waals surface area contributed by atoms with Gasteiger partial charge in [0.2, 0.25) is 5.91 Å². The van der Waals surface area contributed by atoms with Crippen molar-refractivity contribution in [3.63, 3.8) is 0 Å². The van der Waals surface area contributed by atoms with E-state index in [0.29, 0.717) is 0 Å². The van der Waals surface area contributed by atoms with Gasteiger partial charge in [0.15, 0.2) is 0 Å². The maximum Gasteiger partial charge on any atom is 0.416 e. The molecule has 0 radical (unpaired) electrons. The van der Waals surface area contributed by atoms with Crippen LogP contribution < -0.4 is 5.32 Å². The summed E-state index contributed by atoms with van der Waals surface area (Å²) in [4.78, 5) is 23.0. The molecule has 1 amide bonds. The molecule has 120 valence electrons. The average molecular weight is 315 g/mol. The SMILES string of the molecule is CC(C)(NC(=O)C1CC1c1ccccc1C(F)(F)F)C(=O)O. The molecule has 0 aliphatic heterocycles. The molecule has 0 saturated heterocycles. The fourth-order valence-electron chi connectivity index (χ4n) is 2.36. The van der Waals surface area contributed by atoms with Gasteiger partial charge >= 0.3 is 12.1 Å². The largest absolute Gasteiger partial charge is 0.480 e. The molecule has 1 aliphatic rings. The Morgan fingerprint density at radius 1 is 1.23 bits per heavy atom. The maximum atomic E-state index is 13.0. The van der Waals surface area contributed by atoms with Crippen LogP contribution in [0.4, 0.5) is 13.2 Å². The molecule has 2 rings (SSSR count). The number of aliphatic carboxylic acids is 1. The second-order valence-corrected chi connectivity index (χ2v) is 5.95. The normalized spacial score (nSPS) is 21.3. The zero-order valence-corrected chi connectivity index (χ0v) is 12.1.